The van der Waals surface area contributed by atoms with Crippen molar-refractivity contribution in [3.05, 3.63) is 93.9 Å². The molecule has 2 heterocycles. The summed E-state index contributed by atoms with van der Waals surface area (Å²) in [6.45, 7) is 0.266. The molecule has 170 valence electrons. The van der Waals surface area contributed by atoms with Gasteiger partial charge in [-0.15, -0.1) is 0 Å². The van der Waals surface area contributed by atoms with Crippen molar-refractivity contribution in [2.75, 3.05) is 6.54 Å². The molecule has 0 unspecified atom stereocenters. The first-order chi connectivity index (χ1) is 15.7. The van der Waals surface area contributed by atoms with E-state index in [0.29, 0.717) is 5.56 Å². The number of fused-ring (bicyclic) bond motifs is 1. The number of amides is 1. The minimum Gasteiger partial charge on any atom is -0.350 e. The molecule has 0 radical (unpaired) electrons. The fraction of sp³-hybridized carbons (Fsp3) is 0.182. The van der Waals surface area contributed by atoms with Crippen LogP contribution in [0.5, 0.6) is 0 Å². The zero-order valence-electron chi connectivity index (χ0n) is 17.0. The maximum absolute atomic E-state index is 13.1. The number of benzene rings is 2. The number of rotatable bonds is 6. The van der Waals surface area contributed by atoms with Gasteiger partial charge in [-0.1, -0.05) is 24.3 Å². The Hall–Kier alpha value is -4.02. The average molecular weight is 459 g/mol. The normalized spacial score (nSPS) is 11.6. The minimum atomic E-state index is -4.65. The first-order valence-electron chi connectivity index (χ1n) is 9.84. The van der Waals surface area contributed by atoms with E-state index in [1.54, 1.807) is 12.1 Å². The smallest absolute Gasteiger partial charge is 0.350 e. The fourth-order valence-corrected chi connectivity index (χ4v) is 3.36. The summed E-state index contributed by atoms with van der Waals surface area (Å²) < 4.78 is 55.1. The summed E-state index contributed by atoms with van der Waals surface area (Å²) in [6, 6.07) is 10.2. The van der Waals surface area contributed by atoms with Gasteiger partial charge in [0.05, 0.1) is 30.4 Å². The van der Waals surface area contributed by atoms with E-state index in [4.69, 9.17) is 0 Å². The number of hydrogen-bond donors (Lipinski definition) is 1. The van der Waals surface area contributed by atoms with Gasteiger partial charge in [-0.05, 0) is 29.8 Å². The molecule has 1 N–H and O–H groups in total. The Morgan fingerprint density at radius 2 is 1.79 bits per heavy atom. The summed E-state index contributed by atoms with van der Waals surface area (Å²) in [4.78, 5) is 29.2. The van der Waals surface area contributed by atoms with Crippen molar-refractivity contribution in [2.24, 2.45) is 0 Å². The van der Waals surface area contributed by atoms with Gasteiger partial charge in [-0.3, -0.25) is 14.2 Å². The molecule has 0 aliphatic rings. The van der Waals surface area contributed by atoms with Crippen LogP contribution in [-0.2, 0) is 19.3 Å². The van der Waals surface area contributed by atoms with Gasteiger partial charge in [0.2, 0.25) is 0 Å². The van der Waals surface area contributed by atoms with Gasteiger partial charge in [-0.25, -0.2) is 14.1 Å². The van der Waals surface area contributed by atoms with Crippen LogP contribution >= 0.6 is 0 Å². The highest BCUT2D eigenvalue weighted by Gasteiger charge is 2.34. The molecular formula is C22H17F4N5O2. The lowest BCUT2D eigenvalue weighted by molar-refractivity contribution is -0.137. The molecule has 7 nitrogen and oxygen atoms in total. The third kappa shape index (κ3) is 4.76. The summed E-state index contributed by atoms with van der Waals surface area (Å²) in [5.74, 6) is -1.25. The van der Waals surface area contributed by atoms with E-state index in [9.17, 15) is 27.2 Å². The summed E-state index contributed by atoms with van der Waals surface area (Å²) in [5.41, 5.74) is -0.847. The summed E-state index contributed by atoms with van der Waals surface area (Å²) in [5, 5.41) is 6.78. The molecule has 0 atom stereocenters. The second-order valence-electron chi connectivity index (χ2n) is 7.21. The van der Waals surface area contributed by atoms with Crippen molar-refractivity contribution in [3.63, 3.8) is 0 Å². The molecule has 0 saturated carbocycles. The predicted octanol–water partition coefficient (Wildman–Crippen LogP) is 3.23. The van der Waals surface area contributed by atoms with Crippen molar-refractivity contribution in [2.45, 2.75) is 19.3 Å². The largest absolute Gasteiger partial charge is 0.417 e. The van der Waals surface area contributed by atoms with Crippen LogP contribution in [-0.4, -0.2) is 31.8 Å². The molecule has 0 fully saturated rings. The fourth-order valence-electron chi connectivity index (χ4n) is 3.36. The number of halogens is 4. The van der Waals surface area contributed by atoms with Crippen molar-refractivity contribution in [1.82, 2.24) is 24.6 Å². The average Bonchev–Trinajstić information content (AvgIpc) is 3.20. The van der Waals surface area contributed by atoms with E-state index in [-0.39, 0.29) is 42.0 Å². The Bertz CT molecular complexity index is 1360. The van der Waals surface area contributed by atoms with Crippen LogP contribution in [0.4, 0.5) is 17.6 Å². The molecular weight excluding hydrogens is 442 g/mol. The van der Waals surface area contributed by atoms with Crippen LogP contribution in [0.25, 0.3) is 11.0 Å². The van der Waals surface area contributed by atoms with Gasteiger partial charge >= 0.3 is 6.18 Å². The molecule has 33 heavy (non-hydrogen) atoms. The zero-order valence-corrected chi connectivity index (χ0v) is 17.0. The number of aromatic nitrogens is 4. The Balaban J connectivity index is 1.46. The molecule has 2 aromatic heterocycles. The second kappa shape index (κ2) is 8.85. The van der Waals surface area contributed by atoms with Crippen LogP contribution in [0.2, 0.25) is 0 Å². The molecule has 0 aliphatic heterocycles. The van der Waals surface area contributed by atoms with Crippen molar-refractivity contribution in [3.8, 4) is 0 Å². The molecule has 11 heteroatoms. The van der Waals surface area contributed by atoms with E-state index in [1.165, 1.54) is 46.0 Å². The molecule has 0 spiro atoms. The van der Waals surface area contributed by atoms with Crippen molar-refractivity contribution >= 4 is 16.9 Å². The van der Waals surface area contributed by atoms with Gasteiger partial charge < -0.3 is 5.32 Å². The number of carbonyl (C=O) groups is 1. The van der Waals surface area contributed by atoms with Crippen molar-refractivity contribution < 1.29 is 22.4 Å². The van der Waals surface area contributed by atoms with Crippen molar-refractivity contribution in [1.29, 1.82) is 0 Å². The van der Waals surface area contributed by atoms with Crippen LogP contribution in [0.1, 0.15) is 21.5 Å². The number of hydrogen-bond acceptors (Lipinski definition) is 4. The lowest BCUT2D eigenvalue weighted by atomic mass is 10.1. The molecule has 0 aliphatic carbocycles. The molecule has 4 aromatic rings. The second-order valence-corrected chi connectivity index (χ2v) is 7.21. The monoisotopic (exact) mass is 459 g/mol. The standard InChI is InChI=1S/C22H17F4N5O2/c23-15-7-5-14(6-8-15)12-30-13-28-19-17(21(30)33)11-29-31(19)10-9-27-20(32)16-3-1-2-4-18(16)22(24,25)26/h1-8,11,13H,9-10,12H2,(H,27,32). The number of nitrogens with zero attached hydrogens (tertiary/aromatic N) is 4. The zero-order chi connectivity index (χ0) is 23.6. The third-order valence-corrected chi connectivity index (χ3v) is 4.97. The molecule has 0 saturated heterocycles. The predicted molar refractivity (Wildman–Crippen MR) is 111 cm³/mol. The summed E-state index contributed by atoms with van der Waals surface area (Å²) >= 11 is 0. The quantitative estimate of drug-likeness (QED) is 0.449. The van der Waals surface area contributed by atoms with Crippen LogP contribution < -0.4 is 10.9 Å². The Morgan fingerprint density at radius 3 is 2.52 bits per heavy atom. The lowest BCUT2D eigenvalue weighted by Crippen LogP contribution is -2.29. The Labute approximate surface area is 184 Å². The number of alkyl halides is 3. The summed E-state index contributed by atoms with van der Waals surface area (Å²) in [7, 11) is 0. The highest BCUT2D eigenvalue weighted by atomic mass is 19.4. The number of carbonyl (C=O) groups excluding carboxylic acids is 1. The van der Waals surface area contributed by atoms with Gasteiger partial charge in [0.25, 0.3) is 11.5 Å². The molecule has 0 bridgehead atoms. The SMILES string of the molecule is O=C(NCCn1ncc2c(=O)n(Cc3ccc(F)cc3)cnc21)c1ccccc1C(F)(F)F. The number of nitrogens with one attached hydrogen (secondary N) is 1. The van der Waals surface area contributed by atoms with Gasteiger partial charge in [-0.2, -0.15) is 18.3 Å². The van der Waals surface area contributed by atoms with E-state index in [2.05, 4.69) is 15.4 Å². The Kier molecular flexibility index (Phi) is 5.95. The molecule has 2 aromatic carbocycles. The minimum absolute atomic E-state index is 0.0256. The summed E-state index contributed by atoms with van der Waals surface area (Å²) in [6.07, 6.45) is -1.97. The highest BCUT2D eigenvalue weighted by molar-refractivity contribution is 5.95. The molecule has 1 amide bonds. The maximum atomic E-state index is 13.1. The van der Waals surface area contributed by atoms with E-state index in [0.717, 1.165) is 12.1 Å². The maximum Gasteiger partial charge on any atom is 0.417 e. The lowest BCUT2D eigenvalue weighted by Gasteiger charge is -2.12. The Morgan fingerprint density at radius 1 is 1.06 bits per heavy atom. The topological polar surface area (TPSA) is 81.8 Å². The third-order valence-electron chi connectivity index (χ3n) is 4.97. The van der Waals surface area contributed by atoms with Gasteiger partial charge in [0.15, 0.2) is 5.65 Å². The van der Waals surface area contributed by atoms with Crippen LogP contribution in [0.15, 0.2) is 65.8 Å². The van der Waals surface area contributed by atoms with E-state index in [1.807, 2.05) is 0 Å². The first kappa shape index (κ1) is 22.2. The van der Waals surface area contributed by atoms with E-state index >= 15 is 0 Å². The van der Waals surface area contributed by atoms with Crippen LogP contribution in [0.3, 0.4) is 0 Å². The van der Waals surface area contributed by atoms with E-state index < -0.39 is 23.2 Å². The van der Waals surface area contributed by atoms with Crippen LogP contribution in [0, 0.1) is 5.82 Å². The molecule has 4 rings (SSSR count). The van der Waals surface area contributed by atoms with Gasteiger partial charge in [0.1, 0.15) is 17.5 Å². The highest BCUT2D eigenvalue weighted by Crippen LogP contribution is 2.31. The van der Waals surface area contributed by atoms with Gasteiger partial charge in [0, 0.05) is 6.54 Å². The first-order valence-corrected chi connectivity index (χ1v) is 9.84.